The molecule has 0 amide bonds. The number of nitriles is 1. The summed E-state index contributed by atoms with van der Waals surface area (Å²) >= 11 is 0. The molecule has 0 saturated heterocycles. The van der Waals surface area contributed by atoms with E-state index in [1.807, 2.05) is 31.2 Å². The van der Waals surface area contributed by atoms with Crippen molar-refractivity contribution in [2.75, 3.05) is 5.73 Å². The first-order chi connectivity index (χ1) is 15.0. The molecule has 2 N–H and O–H groups in total. The number of anilines is 1. The highest BCUT2D eigenvalue weighted by Gasteiger charge is 2.20. The third-order valence-electron chi connectivity index (χ3n) is 5.26. The van der Waals surface area contributed by atoms with Gasteiger partial charge in [-0.2, -0.15) is 10.4 Å². The van der Waals surface area contributed by atoms with Gasteiger partial charge >= 0.3 is 5.63 Å². The Labute approximate surface area is 175 Å². The van der Waals surface area contributed by atoms with Crippen molar-refractivity contribution in [3.05, 3.63) is 88.0 Å². The normalized spacial score (nSPS) is 11.1. The van der Waals surface area contributed by atoms with E-state index < -0.39 is 11.4 Å². The standard InChI is InChI=1S/C24H15FN4O2/c1-13-2-4-14(5-3-13)19-11-20-18(12-26)17-10-21(15-6-8-16(25)9-7-15)31-24(30)22(17)23(27)29(20)28-19/h2-11H,27H2,1H3. The highest BCUT2D eigenvalue weighted by Crippen LogP contribution is 2.32. The van der Waals surface area contributed by atoms with Gasteiger partial charge in [0.1, 0.15) is 28.9 Å². The molecule has 0 radical (unpaired) electrons. The largest absolute Gasteiger partial charge is 0.422 e. The van der Waals surface area contributed by atoms with E-state index >= 15 is 0 Å². The Balaban J connectivity index is 1.82. The number of pyridine rings is 1. The number of nitrogens with two attached hydrogens (primary N) is 1. The monoisotopic (exact) mass is 410 g/mol. The number of nitrogens with zero attached hydrogens (tertiary/aromatic N) is 3. The third-order valence-corrected chi connectivity index (χ3v) is 5.26. The summed E-state index contributed by atoms with van der Waals surface area (Å²) in [6.07, 6.45) is 0. The molecular weight excluding hydrogens is 395 g/mol. The first-order valence-electron chi connectivity index (χ1n) is 9.48. The van der Waals surface area contributed by atoms with Gasteiger partial charge in [0.25, 0.3) is 0 Å². The number of rotatable bonds is 2. The van der Waals surface area contributed by atoms with Crippen LogP contribution >= 0.6 is 0 Å². The molecule has 0 aliphatic carbocycles. The van der Waals surface area contributed by atoms with E-state index in [9.17, 15) is 14.4 Å². The van der Waals surface area contributed by atoms with Crippen molar-refractivity contribution in [2.24, 2.45) is 0 Å². The van der Waals surface area contributed by atoms with Crippen LogP contribution in [0.15, 0.2) is 69.9 Å². The summed E-state index contributed by atoms with van der Waals surface area (Å²) < 4.78 is 20.1. The maximum Gasteiger partial charge on any atom is 0.347 e. The Bertz CT molecular complexity index is 1570. The summed E-state index contributed by atoms with van der Waals surface area (Å²) in [5.74, 6) is -0.101. The van der Waals surface area contributed by atoms with Gasteiger partial charge in [-0.15, -0.1) is 0 Å². The quantitative estimate of drug-likeness (QED) is 0.456. The van der Waals surface area contributed by atoms with Crippen molar-refractivity contribution in [3.8, 4) is 28.7 Å². The average molecular weight is 410 g/mol. The predicted molar refractivity (Wildman–Crippen MR) is 116 cm³/mol. The molecule has 0 fully saturated rings. The van der Waals surface area contributed by atoms with Gasteiger partial charge in [0.2, 0.25) is 0 Å². The number of fused-ring (bicyclic) bond motifs is 2. The molecule has 3 aromatic heterocycles. The summed E-state index contributed by atoms with van der Waals surface area (Å²) in [5, 5.41) is 14.9. The van der Waals surface area contributed by atoms with Gasteiger partial charge in [-0.3, -0.25) is 0 Å². The number of aryl methyl sites for hydroxylation is 1. The number of nitrogen functional groups attached to an aromatic ring is 1. The van der Waals surface area contributed by atoms with Crippen LogP contribution in [0.2, 0.25) is 0 Å². The topological polar surface area (TPSA) is 97.3 Å². The van der Waals surface area contributed by atoms with Gasteiger partial charge in [0.15, 0.2) is 0 Å². The van der Waals surface area contributed by atoms with Gasteiger partial charge in [-0.25, -0.2) is 13.7 Å². The molecule has 6 nitrogen and oxygen atoms in total. The lowest BCUT2D eigenvalue weighted by Crippen LogP contribution is -2.10. The maximum atomic E-state index is 13.3. The molecule has 0 spiro atoms. The summed E-state index contributed by atoms with van der Waals surface area (Å²) in [7, 11) is 0. The Morgan fingerprint density at radius 1 is 1.06 bits per heavy atom. The molecule has 31 heavy (non-hydrogen) atoms. The van der Waals surface area contributed by atoms with Crippen LogP contribution in [-0.4, -0.2) is 9.61 Å². The van der Waals surface area contributed by atoms with Gasteiger partial charge in [-0.05, 0) is 43.3 Å². The molecule has 0 aliphatic rings. The van der Waals surface area contributed by atoms with E-state index in [4.69, 9.17) is 10.2 Å². The summed E-state index contributed by atoms with van der Waals surface area (Å²) in [6.45, 7) is 1.99. The van der Waals surface area contributed by atoms with E-state index in [2.05, 4.69) is 11.2 Å². The zero-order valence-electron chi connectivity index (χ0n) is 16.4. The summed E-state index contributed by atoms with van der Waals surface area (Å²) in [4.78, 5) is 12.8. The highest BCUT2D eigenvalue weighted by molar-refractivity contribution is 6.00. The lowest BCUT2D eigenvalue weighted by Gasteiger charge is -2.08. The molecule has 2 aromatic carbocycles. The van der Waals surface area contributed by atoms with Crippen LogP contribution in [0, 0.1) is 24.1 Å². The smallest absolute Gasteiger partial charge is 0.347 e. The minimum atomic E-state index is -0.694. The first-order valence-corrected chi connectivity index (χ1v) is 9.48. The Morgan fingerprint density at radius 2 is 1.74 bits per heavy atom. The fourth-order valence-corrected chi connectivity index (χ4v) is 3.66. The molecule has 5 rings (SSSR count). The second-order valence-electron chi connectivity index (χ2n) is 7.26. The molecular formula is C24H15FN4O2. The van der Waals surface area contributed by atoms with Crippen molar-refractivity contribution in [1.82, 2.24) is 9.61 Å². The van der Waals surface area contributed by atoms with Crippen LogP contribution in [0.5, 0.6) is 0 Å². The number of benzene rings is 2. The van der Waals surface area contributed by atoms with Gasteiger partial charge in [0.05, 0.1) is 16.8 Å². The number of hydrogen-bond donors (Lipinski definition) is 1. The van der Waals surface area contributed by atoms with Crippen LogP contribution in [0.1, 0.15) is 11.1 Å². The zero-order chi connectivity index (χ0) is 21.7. The van der Waals surface area contributed by atoms with Gasteiger partial charge < -0.3 is 10.2 Å². The molecule has 0 unspecified atom stereocenters. The second-order valence-corrected chi connectivity index (χ2v) is 7.26. The van der Waals surface area contributed by atoms with Crippen molar-refractivity contribution >= 4 is 22.1 Å². The SMILES string of the molecule is Cc1ccc(-c2cc3c(C#N)c4cc(-c5ccc(F)cc5)oc(=O)c4c(N)n3n2)cc1. The van der Waals surface area contributed by atoms with Gasteiger partial charge in [-0.1, -0.05) is 29.8 Å². The average Bonchev–Trinajstić information content (AvgIpc) is 3.20. The fourth-order valence-electron chi connectivity index (χ4n) is 3.66. The molecule has 150 valence electrons. The Hall–Kier alpha value is -4.44. The molecule has 0 atom stereocenters. The van der Waals surface area contributed by atoms with Crippen LogP contribution in [0.25, 0.3) is 38.9 Å². The second kappa shape index (κ2) is 6.82. The van der Waals surface area contributed by atoms with E-state index in [0.717, 1.165) is 11.1 Å². The van der Waals surface area contributed by atoms with E-state index in [0.29, 0.717) is 22.2 Å². The lowest BCUT2D eigenvalue weighted by atomic mass is 10.0. The van der Waals surface area contributed by atoms with Crippen molar-refractivity contribution in [3.63, 3.8) is 0 Å². The van der Waals surface area contributed by atoms with E-state index in [1.165, 1.54) is 28.8 Å². The fraction of sp³-hybridized carbons (Fsp3) is 0.0417. The summed E-state index contributed by atoms with van der Waals surface area (Å²) in [5.41, 5.74) is 9.44. The van der Waals surface area contributed by atoms with Gasteiger partial charge in [0, 0.05) is 16.5 Å². The Kier molecular flexibility index (Phi) is 4.09. The van der Waals surface area contributed by atoms with Crippen LogP contribution < -0.4 is 11.4 Å². The molecule has 5 aromatic rings. The molecule has 3 heterocycles. The van der Waals surface area contributed by atoms with Crippen molar-refractivity contribution in [2.45, 2.75) is 6.92 Å². The molecule has 7 heteroatoms. The zero-order valence-corrected chi connectivity index (χ0v) is 16.4. The third kappa shape index (κ3) is 2.93. The van der Waals surface area contributed by atoms with Crippen molar-refractivity contribution in [1.29, 1.82) is 5.26 Å². The lowest BCUT2D eigenvalue weighted by molar-refractivity contribution is 0.534. The minimum absolute atomic E-state index is 0.0773. The van der Waals surface area contributed by atoms with Crippen molar-refractivity contribution < 1.29 is 8.81 Å². The molecule has 0 aliphatic heterocycles. The van der Waals surface area contributed by atoms with E-state index in [1.54, 1.807) is 12.1 Å². The summed E-state index contributed by atoms with van der Waals surface area (Å²) in [6, 6.07) is 18.9. The minimum Gasteiger partial charge on any atom is -0.422 e. The van der Waals surface area contributed by atoms with Crippen LogP contribution in [0.4, 0.5) is 10.2 Å². The number of halogens is 1. The molecule has 0 bridgehead atoms. The maximum absolute atomic E-state index is 13.3. The number of hydrogen-bond acceptors (Lipinski definition) is 5. The Morgan fingerprint density at radius 3 is 2.42 bits per heavy atom. The molecule has 0 saturated carbocycles. The van der Waals surface area contributed by atoms with Crippen LogP contribution in [0.3, 0.4) is 0 Å². The van der Waals surface area contributed by atoms with Crippen LogP contribution in [-0.2, 0) is 0 Å². The highest BCUT2D eigenvalue weighted by atomic mass is 19.1. The number of aromatic nitrogens is 2. The first kappa shape index (κ1) is 18.6. The predicted octanol–water partition coefficient (Wildman–Crippen LogP) is 4.68. The van der Waals surface area contributed by atoms with E-state index in [-0.39, 0.29) is 22.5 Å².